The van der Waals surface area contributed by atoms with Crippen LogP contribution in [0.1, 0.15) is 33.6 Å². The molecule has 0 saturated heterocycles. The summed E-state index contributed by atoms with van der Waals surface area (Å²) in [5.74, 6) is 0.694. The van der Waals surface area contributed by atoms with Gasteiger partial charge in [-0.25, -0.2) is 0 Å². The second-order valence-corrected chi connectivity index (χ2v) is 7.37. The van der Waals surface area contributed by atoms with Crippen LogP contribution in [-0.2, 0) is 8.85 Å². The Morgan fingerprint density at radius 2 is 2.00 bits per heavy atom. The zero-order valence-electron chi connectivity index (χ0n) is 9.81. The molecular weight excluding hydrogens is 216 g/mol. The third-order valence-electron chi connectivity index (χ3n) is 2.24. The van der Waals surface area contributed by atoms with Gasteiger partial charge in [0.25, 0.3) is 0 Å². The Morgan fingerprint density at radius 3 is 2.43 bits per heavy atom. The summed E-state index contributed by atoms with van der Waals surface area (Å²) in [7, 11) is -1.94. The zero-order chi connectivity index (χ0) is 11.0. The maximum atomic E-state index is 5.99. The lowest BCUT2D eigenvalue weighted by atomic mass is 10.3. The smallest absolute Gasteiger partial charge is 0.335 e. The Morgan fingerprint density at radius 1 is 1.36 bits per heavy atom. The molecule has 0 saturated carbocycles. The lowest BCUT2D eigenvalue weighted by Crippen LogP contribution is -2.41. The highest BCUT2D eigenvalue weighted by molar-refractivity contribution is 6.66. The summed E-state index contributed by atoms with van der Waals surface area (Å²) in [6, 6.07) is 0.995. The van der Waals surface area contributed by atoms with Gasteiger partial charge in [-0.1, -0.05) is 6.92 Å². The highest BCUT2D eigenvalue weighted by Crippen LogP contribution is 2.19. The van der Waals surface area contributed by atoms with Crippen LogP contribution in [-0.4, -0.2) is 27.2 Å². The van der Waals surface area contributed by atoms with Gasteiger partial charge < -0.3 is 8.85 Å². The van der Waals surface area contributed by atoms with Crippen LogP contribution in [0.5, 0.6) is 0 Å². The second-order valence-electron chi connectivity index (χ2n) is 3.70. The molecule has 2 nitrogen and oxygen atoms in total. The lowest BCUT2D eigenvalue weighted by Gasteiger charge is -2.29. The molecule has 0 aliphatic carbocycles. The number of halogens is 1. The van der Waals surface area contributed by atoms with E-state index in [0.717, 1.165) is 25.5 Å². The van der Waals surface area contributed by atoms with Gasteiger partial charge in [-0.15, -0.1) is 11.6 Å². The van der Waals surface area contributed by atoms with Gasteiger partial charge in [-0.05, 0) is 39.3 Å². The Labute approximate surface area is 94.2 Å². The SMILES string of the molecule is CCO[Si](C)(CCCCl)OC(C)CC. The standard InChI is InChI=1S/C10H23ClO2Si/c1-5-10(3)13-14(4,12-6-2)9-7-8-11/h10H,5-9H2,1-4H3. The minimum absolute atomic E-state index is 0.300. The van der Waals surface area contributed by atoms with E-state index in [9.17, 15) is 0 Å². The van der Waals surface area contributed by atoms with Gasteiger partial charge in [-0.2, -0.15) is 0 Å². The van der Waals surface area contributed by atoms with E-state index in [0.29, 0.717) is 12.0 Å². The van der Waals surface area contributed by atoms with Crippen LogP contribution in [0.2, 0.25) is 12.6 Å². The van der Waals surface area contributed by atoms with Gasteiger partial charge in [0.05, 0.1) is 0 Å². The van der Waals surface area contributed by atoms with Crippen LogP contribution in [0.15, 0.2) is 0 Å². The third kappa shape index (κ3) is 6.01. The highest BCUT2D eigenvalue weighted by atomic mass is 35.5. The van der Waals surface area contributed by atoms with Crippen molar-refractivity contribution in [3.05, 3.63) is 0 Å². The van der Waals surface area contributed by atoms with Gasteiger partial charge in [0, 0.05) is 18.6 Å². The fourth-order valence-electron chi connectivity index (χ4n) is 1.37. The van der Waals surface area contributed by atoms with E-state index < -0.39 is 8.56 Å². The number of rotatable bonds is 8. The first-order chi connectivity index (χ1) is 6.58. The minimum atomic E-state index is -1.94. The van der Waals surface area contributed by atoms with Crippen molar-refractivity contribution in [1.29, 1.82) is 0 Å². The Kier molecular flexibility index (Phi) is 7.92. The van der Waals surface area contributed by atoms with E-state index in [1.165, 1.54) is 0 Å². The first-order valence-electron chi connectivity index (χ1n) is 5.45. The van der Waals surface area contributed by atoms with Crippen molar-refractivity contribution < 1.29 is 8.85 Å². The third-order valence-corrected chi connectivity index (χ3v) is 5.57. The van der Waals surface area contributed by atoms with Gasteiger partial charge >= 0.3 is 8.56 Å². The minimum Gasteiger partial charge on any atom is -0.395 e. The molecule has 0 heterocycles. The summed E-state index contributed by atoms with van der Waals surface area (Å²) in [6.07, 6.45) is 2.32. The van der Waals surface area contributed by atoms with E-state index in [-0.39, 0.29) is 0 Å². The fourth-order valence-corrected chi connectivity index (χ4v) is 4.50. The molecule has 86 valence electrons. The molecule has 0 amide bonds. The Bertz CT molecular complexity index is 146. The normalized spacial score (nSPS) is 17.8. The van der Waals surface area contributed by atoms with Crippen LogP contribution in [0, 0.1) is 0 Å². The molecule has 0 radical (unpaired) electrons. The summed E-state index contributed by atoms with van der Waals surface area (Å²) in [5, 5.41) is 0. The van der Waals surface area contributed by atoms with Crippen molar-refractivity contribution in [1.82, 2.24) is 0 Å². The first kappa shape index (κ1) is 14.4. The average Bonchev–Trinajstić information content (AvgIpc) is 2.15. The maximum Gasteiger partial charge on any atom is 0.335 e. The number of alkyl halides is 1. The largest absolute Gasteiger partial charge is 0.395 e. The zero-order valence-corrected chi connectivity index (χ0v) is 11.6. The maximum absolute atomic E-state index is 5.99. The second kappa shape index (κ2) is 7.68. The van der Waals surface area contributed by atoms with Crippen molar-refractivity contribution in [2.45, 2.75) is 52.3 Å². The predicted molar refractivity (Wildman–Crippen MR) is 64.2 cm³/mol. The monoisotopic (exact) mass is 238 g/mol. The van der Waals surface area contributed by atoms with Crippen LogP contribution < -0.4 is 0 Å². The molecule has 0 fully saturated rings. The van der Waals surface area contributed by atoms with Crippen molar-refractivity contribution in [3.8, 4) is 0 Å². The number of hydrogen-bond acceptors (Lipinski definition) is 2. The molecule has 14 heavy (non-hydrogen) atoms. The molecule has 0 aromatic heterocycles. The van der Waals surface area contributed by atoms with E-state index in [1.807, 2.05) is 6.92 Å². The molecular formula is C10H23ClO2Si. The molecule has 4 heteroatoms. The van der Waals surface area contributed by atoms with Crippen LogP contribution in [0.25, 0.3) is 0 Å². The summed E-state index contributed by atoms with van der Waals surface area (Å²) >= 11 is 5.69. The summed E-state index contributed by atoms with van der Waals surface area (Å²) in [5.41, 5.74) is 0. The van der Waals surface area contributed by atoms with Crippen LogP contribution in [0.4, 0.5) is 0 Å². The fraction of sp³-hybridized carbons (Fsp3) is 1.00. The van der Waals surface area contributed by atoms with Crippen molar-refractivity contribution >= 4 is 20.2 Å². The van der Waals surface area contributed by atoms with E-state index >= 15 is 0 Å². The Hall–Kier alpha value is 0.427. The van der Waals surface area contributed by atoms with Crippen LogP contribution in [0.3, 0.4) is 0 Å². The molecule has 0 spiro atoms. The molecule has 0 rings (SSSR count). The first-order valence-corrected chi connectivity index (χ1v) is 8.51. The van der Waals surface area contributed by atoms with Gasteiger partial charge in [0.1, 0.15) is 0 Å². The van der Waals surface area contributed by atoms with Crippen LogP contribution >= 0.6 is 11.6 Å². The molecule has 0 aliphatic rings. The molecule has 2 unspecified atom stereocenters. The van der Waals surface area contributed by atoms with Crippen molar-refractivity contribution in [2.75, 3.05) is 12.5 Å². The molecule has 0 aromatic carbocycles. The molecule has 0 aromatic rings. The lowest BCUT2D eigenvalue weighted by molar-refractivity contribution is 0.128. The predicted octanol–water partition coefficient (Wildman–Crippen LogP) is 3.54. The highest BCUT2D eigenvalue weighted by Gasteiger charge is 2.31. The topological polar surface area (TPSA) is 18.5 Å². The summed E-state index contributed by atoms with van der Waals surface area (Å²) in [4.78, 5) is 0. The van der Waals surface area contributed by atoms with Gasteiger partial charge in [-0.3, -0.25) is 0 Å². The van der Waals surface area contributed by atoms with E-state index in [1.54, 1.807) is 0 Å². The molecule has 2 atom stereocenters. The van der Waals surface area contributed by atoms with Gasteiger partial charge in [0.2, 0.25) is 0 Å². The van der Waals surface area contributed by atoms with E-state index in [2.05, 4.69) is 20.4 Å². The quantitative estimate of drug-likeness (QED) is 0.476. The molecule has 0 bridgehead atoms. The van der Waals surface area contributed by atoms with Gasteiger partial charge in [0.15, 0.2) is 0 Å². The van der Waals surface area contributed by atoms with Crippen molar-refractivity contribution in [2.24, 2.45) is 0 Å². The van der Waals surface area contributed by atoms with Crippen molar-refractivity contribution in [3.63, 3.8) is 0 Å². The average molecular weight is 239 g/mol. The molecule has 0 N–H and O–H groups in total. The Balaban J connectivity index is 4.07. The molecule has 0 aliphatic heterocycles. The van der Waals surface area contributed by atoms with E-state index in [4.69, 9.17) is 20.5 Å². The number of hydrogen-bond donors (Lipinski definition) is 0. The summed E-state index contributed by atoms with van der Waals surface area (Å²) in [6.45, 7) is 9.13. The summed E-state index contributed by atoms with van der Waals surface area (Å²) < 4.78 is 11.7.